The van der Waals surface area contributed by atoms with E-state index in [1.807, 2.05) is 0 Å². The minimum absolute atomic E-state index is 0.692. The van der Waals surface area contributed by atoms with E-state index in [2.05, 4.69) is 54.5 Å². The zero-order valence-corrected chi connectivity index (χ0v) is 13.4. The van der Waals surface area contributed by atoms with Crippen LogP contribution in [0, 0.1) is 11.8 Å². The molecule has 0 amide bonds. The molecule has 4 nitrogen and oxygen atoms in total. The van der Waals surface area contributed by atoms with E-state index in [1.54, 1.807) is 0 Å². The number of aliphatic imine (C=N–C) groups is 1. The van der Waals surface area contributed by atoms with Crippen molar-refractivity contribution in [1.82, 2.24) is 10.2 Å². The summed E-state index contributed by atoms with van der Waals surface area (Å²) in [6, 6.07) is 6.45. The van der Waals surface area contributed by atoms with Crippen LogP contribution in [0.4, 0.5) is 11.4 Å². The first-order valence-electron chi connectivity index (χ1n) is 8.20. The Morgan fingerprint density at radius 2 is 1.95 bits per heavy atom. The van der Waals surface area contributed by atoms with Gasteiger partial charge in [0.2, 0.25) is 0 Å². The molecule has 1 aliphatic heterocycles. The summed E-state index contributed by atoms with van der Waals surface area (Å²) >= 11 is 0. The standard InChI is InChI=1S/C18H22N4/c1-4-12-7-13-9-14(8-12)20-18(19-13)17-15-5-10(2)11(3)6-16(15)21-22-17/h7-11H,4-6H2,1-3H3,(H,19,20)(H,21,22)/t10?,11-/m1/s1. The highest BCUT2D eigenvalue weighted by Crippen LogP contribution is 2.33. The van der Waals surface area contributed by atoms with Crippen molar-refractivity contribution in [3.63, 3.8) is 0 Å². The molecular weight excluding hydrogens is 272 g/mol. The van der Waals surface area contributed by atoms with E-state index in [1.165, 1.54) is 16.8 Å². The second-order valence-electron chi connectivity index (χ2n) is 6.72. The molecule has 0 radical (unpaired) electrons. The van der Waals surface area contributed by atoms with Crippen LogP contribution in [-0.2, 0) is 19.3 Å². The van der Waals surface area contributed by atoms with Gasteiger partial charge < -0.3 is 5.32 Å². The quantitative estimate of drug-likeness (QED) is 0.884. The highest BCUT2D eigenvalue weighted by Gasteiger charge is 2.28. The molecule has 1 aromatic carbocycles. The molecule has 0 fully saturated rings. The fraction of sp³-hybridized carbons (Fsp3) is 0.444. The third-order valence-electron chi connectivity index (χ3n) is 5.09. The van der Waals surface area contributed by atoms with Gasteiger partial charge in [-0.1, -0.05) is 20.8 Å². The van der Waals surface area contributed by atoms with Crippen molar-refractivity contribution in [2.75, 3.05) is 5.32 Å². The van der Waals surface area contributed by atoms with Crippen molar-refractivity contribution in [2.45, 2.75) is 40.0 Å². The largest absolute Gasteiger partial charge is 0.338 e. The summed E-state index contributed by atoms with van der Waals surface area (Å²) < 4.78 is 0. The van der Waals surface area contributed by atoms with Gasteiger partial charge in [-0.2, -0.15) is 5.10 Å². The summed E-state index contributed by atoms with van der Waals surface area (Å²) in [5.74, 6) is 2.29. The number of hydrogen-bond donors (Lipinski definition) is 2. The Bertz CT molecular complexity index is 756. The maximum atomic E-state index is 4.76. The summed E-state index contributed by atoms with van der Waals surface area (Å²) in [7, 11) is 0. The van der Waals surface area contributed by atoms with E-state index in [9.17, 15) is 0 Å². The minimum Gasteiger partial charge on any atom is -0.338 e. The summed E-state index contributed by atoms with van der Waals surface area (Å²) in [6.45, 7) is 6.82. The average Bonchev–Trinajstić information content (AvgIpc) is 2.89. The van der Waals surface area contributed by atoms with E-state index in [0.29, 0.717) is 11.8 Å². The van der Waals surface area contributed by atoms with Crippen molar-refractivity contribution in [3.8, 4) is 0 Å². The number of aromatic nitrogens is 2. The average molecular weight is 294 g/mol. The molecule has 0 spiro atoms. The van der Waals surface area contributed by atoms with Gasteiger partial charge in [-0.05, 0) is 54.9 Å². The first-order valence-corrected chi connectivity index (χ1v) is 8.20. The van der Waals surface area contributed by atoms with Gasteiger partial charge in [-0.25, -0.2) is 4.99 Å². The molecule has 1 unspecified atom stereocenters. The van der Waals surface area contributed by atoms with Gasteiger partial charge >= 0.3 is 0 Å². The van der Waals surface area contributed by atoms with Gasteiger partial charge in [-0.3, -0.25) is 5.10 Å². The Morgan fingerprint density at radius 1 is 1.14 bits per heavy atom. The van der Waals surface area contributed by atoms with Gasteiger partial charge in [0.1, 0.15) is 5.69 Å². The zero-order chi connectivity index (χ0) is 15.3. The second kappa shape index (κ2) is 4.97. The van der Waals surface area contributed by atoms with Gasteiger partial charge in [0.15, 0.2) is 5.84 Å². The SMILES string of the molecule is CCc1cc2cc(c1)NC(c1n[nH]c3c1CC(C)[C@H](C)C3)=N2. The minimum atomic E-state index is 0.692. The molecule has 1 aromatic heterocycles. The number of fused-ring (bicyclic) bond motifs is 3. The molecule has 114 valence electrons. The highest BCUT2D eigenvalue weighted by atomic mass is 15.2. The molecule has 2 aromatic rings. The van der Waals surface area contributed by atoms with Crippen LogP contribution in [0.5, 0.6) is 0 Å². The van der Waals surface area contributed by atoms with Crippen molar-refractivity contribution >= 4 is 17.2 Å². The smallest absolute Gasteiger partial charge is 0.159 e. The number of H-pyrrole nitrogens is 1. The van der Waals surface area contributed by atoms with Crippen molar-refractivity contribution in [1.29, 1.82) is 0 Å². The Hall–Kier alpha value is -2.10. The predicted octanol–water partition coefficient (Wildman–Crippen LogP) is 3.85. The molecule has 0 saturated carbocycles. The fourth-order valence-corrected chi connectivity index (χ4v) is 3.45. The molecule has 22 heavy (non-hydrogen) atoms. The lowest BCUT2D eigenvalue weighted by atomic mass is 9.80. The van der Waals surface area contributed by atoms with Gasteiger partial charge in [0, 0.05) is 16.9 Å². The number of nitrogens with one attached hydrogen (secondary N) is 2. The second-order valence-corrected chi connectivity index (χ2v) is 6.72. The van der Waals surface area contributed by atoms with Gasteiger partial charge in [-0.15, -0.1) is 0 Å². The number of rotatable bonds is 2. The number of benzene rings is 1. The Balaban J connectivity index is 1.73. The fourth-order valence-electron chi connectivity index (χ4n) is 3.45. The van der Waals surface area contributed by atoms with Crippen molar-refractivity contribution < 1.29 is 0 Å². The number of amidine groups is 1. The predicted molar refractivity (Wildman–Crippen MR) is 90.0 cm³/mol. The summed E-state index contributed by atoms with van der Waals surface area (Å²) in [5, 5.41) is 11.2. The van der Waals surface area contributed by atoms with E-state index in [0.717, 1.165) is 42.2 Å². The number of aryl methyl sites for hydroxylation is 1. The first kappa shape index (κ1) is 13.6. The molecule has 4 rings (SSSR count). The number of anilines is 1. The summed E-state index contributed by atoms with van der Waals surface area (Å²) in [4.78, 5) is 4.76. The topological polar surface area (TPSA) is 53.1 Å². The van der Waals surface area contributed by atoms with E-state index in [4.69, 9.17) is 4.99 Å². The highest BCUT2D eigenvalue weighted by molar-refractivity contribution is 6.10. The lowest BCUT2D eigenvalue weighted by Gasteiger charge is -2.26. The van der Waals surface area contributed by atoms with E-state index in [-0.39, 0.29) is 0 Å². The molecule has 2 bridgehead atoms. The lowest BCUT2D eigenvalue weighted by molar-refractivity contribution is 0.358. The van der Waals surface area contributed by atoms with E-state index < -0.39 is 0 Å². The lowest BCUT2D eigenvalue weighted by Crippen LogP contribution is -2.23. The molecular formula is C18H22N4. The summed E-state index contributed by atoms with van der Waals surface area (Å²) in [5.41, 5.74) is 7.09. The molecule has 2 aliphatic rings. The van der Waals surface area contributed by atoms with Crippen LogP contribution in [0.1, 0.15) is 43.3 Å². The van der Waals surface area contributed by atoms with Crippen LogP contribution in [0.15, 0.2) is 23.2 Å². The molecule has 0 saturated heterocycles. The maximum absolute atomic E-state index is 4.76. The van der Waals surface area contributed by atoms with Crippen LogP contribution in [0.25, 0.3) is 0 Å². The van der Waals surface area contributed by atoms with Crippen LogP contribution >= 0.6 is 0 Å². The van der Waals surface area contributed by atoms with Crippen LogP contribution < -0.4 is 5.32 Å². The Labute approximate surface area is 131 Å². The molecule has 2 N–H and O–H groups in total. The van der Waals surface area contributed by atoms with Gasteiger partial charge in [0.25, 0.3) is 0 Å². The number of nitrogens with zero attached hydrogens (tertiary/aromatic N) is 2. The van der Waals surface area contributed by atoms with E-state index >= 15 is 0 Å². The monoisotopic (exact) mass is 294 g/mol. The van der Waals surface area contributed by atoms with Gasteiger partial charge in [0.05, 0.1) is 5.69 Å². The van der Waals surface area contributed by atoms with Crippen molar-refractivity contribution in [2.24, 2.45) is 16.8 Å². The third kappa shape index (κ3) is 2.14. The first-order chi connectivity index (χ1) is 10.6. The number of aromatic amines is 1. The molecule has 2 atom stereocenters. The normalized spacial score (nSPS) is 22.8. The Kier molecular flexibility index (Phi) is 3.06. The zero-order valence-electron chi connectivity index (χ0n) is 13.4. The van der Waals surface area contributed by atoms with Crippen LogP contribution in [0.2, 0.25) is 0 Å². The van der Waals surface area contributed by atoms with Crippen LogP contribution in [0.3, 0.4) is 0 Å². The number of hydrogen-bond acceptors (Lipinski definition) is 3. The molecule has 4 heteroatoms. The summed E-state index contributed by atoms with van der Waals surface area (Å²) in [6.07, 6.45) is 3.19. The van der Waals surface area contributed by atoms with Crippen molar-refractivity contribution in [3.05, 3.63) is 40.7 Å². The Morgan fingerprint density at radius 3 is 2.73 bits per heavy atom. The van der Waals surface area contributed by atoms with Crippen LogP contribution in [-0.4, -0.2) is 16.0 Å². The third-order valence-corrected chi connectivity index (χ3v) is 5.09. The molecule has 2 heterocycles. The molecule has 1 aliphatic carbocycles. The maximum Gasteiger partial charge on any atom is 0.159 e.